The Morgan fingerprint density at radius 3 is 3.12 bits per heavy atom. The standard InChI is InChI=1S/C12H17ClN2O/c1-16-10-4-5-11(13)12(7-10)15-8-9-3-2-6-14-9/h4-5,7,9,14-15H,2-3,6,8H2,1H3. The molecule has 0 amide bonds. The van der Waals surface area contributed by atoms with Crippen molar-refractivity contribution in [3.63, 3.8) is 0 Å². The molecule has 1 saturated heterocycles. The molecular weight excluding hydrogens is 224 g/mol. The highest BCUT2D eigenvalue weighted by molar-refractivity contribution is 6.33. The van der Waals surface area contributed by atoms with Gasteiger partial charge in [0, 0.05) is 18.7 Å². The summed E-state index contributed by atoms with van der Waals surface area (Å²) in [6.45, 7) is 2.03. The van der Waals surface area contributed by atoms with Crippen LogP contribution >= 0.6 is 11.6 Å². The van der Waals surface area contributed by atoms with Crippen molar-refractivity contribution in [1.29, 1.82) is 0 Å². The Kier molecular flexibility index (Phi) is 3.91. The number of hydrogen-bond donors (Lipinski definition) is 2. The lowest BCUT2D eigenvalue weighted by molar-refractivity contribution is 0.415. The molecule has 1 aromatic rings. The molecule has 1 unspecified atom stereocenters. The van der Waals surface area contributed by atoms with Gasteiger partial charge >= 0.3 is 0 Å². The molecule has 1 aliphatic rings. The second-order valence-corrected chi connectivity index (χ2v) is 4.43. The molecule has 1 aliphatic heterocycles. The molecule has 0 bridgehead atoms. The van der Waals surface area contributed by atoms with Gasteiger partial charge in [0.25, 0.3) is 0 Å². The van der Waals surface area contributed by atoms with Crippen LogP contribution in [0.3, 0.4) is 0 Å². The minimum atomic E-state index is 0.558. The van der Waals surface area contributed by atoms with Gasteiger partial charge in [0.05, 0.1) is 17.8 Å². The molecule has 4 heteroatoms. The summed E-state index contributed by atoms with van der Waals surface area (Å²) in [5, 5.41) is 7.53. The second kappa shape index (κ2) is 5.41. The molecule has 0 aliphatic carbocycles. The Morgan fingerprint density at radius 1 is 1.56 bits per heavy atom. The third-order valence-corrected chi connectivity index (χ3v) is 3.20. The van der Waals surface area contributed by atoms with Gasteiger partial charge in [-0.3, -0.25) is 0 Å². The zero-order chi connectivity index (χ0) is 11.4. The number of methoxy groups -OCH3 is 1. The van der Waals surface area contributed by atoms with E-state index in [0.29, 0.717) is 6.04 Å². The molecule has 2 N–H and O–H groups in total. The fourth-order valence-electron chi connectivity index (χ4n) is 1.93. The van der Waals surface area contributed by atoms with E-state index in [2.05, 4.69) is 10.6 Å². The maximum Gasteiger partial charge on any atom is 0.121 e. The van der Waals surface area contributed by atoms with E-state index in [9.17, 15) is 0 Å². The number of halogens is 1. The minimum Gasteiger partial charge on any atom is -0.497 e. The number of hydrogen-bond acceptors (Lipinski definition) is 3. The molecule has 1 aromatic carbocycles. The van der Waals surface area contributed by atoms with Gasteiger partial charge in [-0.05, 0) is 31.5 Å². The number of benzene rings is 1. The highest BCUT2D eigenvalue weighted by Crippen LogP contribution is 2.26. The zero-order valence-corrected chi connectivity index (χ0v) is 10.2. The number of ether oxygens (including phenoxy) is 1. The lowest BCUT2D eigenvalue weighted by Crippen LogP contribution is -2.29. The van der Waals surface area contributed by atoms with E-state index in [1.807, 2.05) is 18.2 Å². The molecule has 16 heavy (non-hydrogen) atoms. The molecule has 0 saturated carbocycles. The van der Waals surface area contributed by atoms with Gasteiger partial charge in [-0.25, -0.2) is 0 Å². The Morgan fingerprint density at radius 2 is 2.44 bits per heavy atom. The van der Waals surface area contributed by atoms with E-state index in [4.69, 9.17) is 16.3 Å². The molecule has 0 spiro atoms. The Labute approximate surface area is 101 Å². The number of nitrogens with one attached hydrogen (secondary N) is 2. The predicted molar refractivity (Wildman–Crippen MR) is 67.5 cm³/mol. The van der Waals surface area contributed by atoms with E-state index in [1.165, 1.54) is 12.8 Å². The molecule has 0 radical (unpaired) electrons. The summed E-state index contributed by atoms with van der Waals surface area (Å²) < 4.78 is 5.17. The third-order valence-electron chi connectivity index (χ3n) is 2.87. The fourth-order valence-corrected chi connectivity index (χ4v) is 2.12. The normalized spacial score (nSPS) is 19.8. The number of rotatable bonds is 4. The monoisotopic (exact) mass is 240 g/mol. The molecule has 1 atom stereocenters. The topological polar surface area (TPSA) is 33.3 Å². The van der Waals surface area contributed by atoms with Gasteiger partial charge in [0.15, 0.2) is 0 Å². The first-order valence-corrected chi connectivity index (χ1v) is 5.98. The van der Waals surface area contributed by atoms with Gasteiger partial charge in [0.1, 0.15) is 5.75 Å². The van der Waals surface area contributed by atoms with Crippen molar-refractivity contribution in [2.75, 3.05) is 25.5 Å². The number of anilines is 1. The van der Waals surface area contributed by atoms with Crippen LogP contribution in [0, 0.1) is 0 Å². The summed E-state index contributed by atoms with van der Waals surface area (Å²) in [4.78, 5) is 0. The van der Waals surface area contributed by atoms with Gasteiger partial charge in [-0.2, -0.15) is 0 Å². The van der Waals surface area contributed by atoms with Crippen molar-refractivity contribution >= 4 is 17.3 Å². The van der Waals surface area contributed by atoms with Crippen molar-refractivity contribution in [2.45, 2.75) is 18.9 Å². The fraction of sp³-hybridized carbons (Fsp3) is 0.500. The maximum atomic E-state index is 6.10. The largest absolute Gasteiger partial charge is 0.497 e. The van der Waals surface area contributed by atoms with Crippen molar-refractivity contribution in [3.05, 3.63) is 23.2 Å². The van der Waals surface area contributed by atoms with Crippen LogP contribution in [0.4, 0.5) is 5.69 Å². The van der Waals surface area contributed by atoms with Crippen LogP contribution in [0.1, 0.15) is 12.8 Å². The highest BCUT2D eigenvalue weighted by atomic mass is 35.5. The Bertz CT molecular complexity index is 351. The van der Waals surface area contributed by atoms with Crippen LogP contribution in [0.15, 0.2) is 18.2 Å². The van der Waals surface area contributed by atoms with Crippen LogP contribution in [0.25, 0.3) is 0 Å². The molecule has 0 aromatic heterocycles. The summed E-state index contributed by atoms with van der Waals surface area (Å²) >= 11 is 6.10. The highest BCUT2D eigenvalue weighted by Gasteiger charge is 2.13. The summed E-state index contributed by atoms with van der Waals surface area (Å²) in [7, 11) is 1.66. The van der Waals surface area contributed by atoms with Crippen LogP contribution in [0.2, 0.25) is 5.02 Å². The van der Waals surface area contributed by atoms with Gasteiger partial charge in [0.2, 0.25) is 0 Å². The van der Waals surface area contributed by atoms with E-state index in [0.717, 1.165) is 29.5 Å². The molecule has 3 nitrogen and oxygen atoms in total. The van der Waals surface area contributed by atoms with Gasteiger partial charge in [-0.1, -0.05) is 11.6 Å². The zero-order valence-electron chi connectivity index (χ0n) is 9.42. The first kappa shape index (κ1) is 11.6. The third kappa shape index (κ3) is 2.80. The van der Waals surface area contributed by atoms with Crippen LogP contribution in [-0.4, -0.2) is 26.2 Å². The van der Waals surface area contributed by atoms with Crippen molar-refractivity contribution in [1.82, 2.24) is 5.32 Å². The van der Waals surface area contributed by atoms with Crippen LogP contribution in [-0.2, 0) is 0 Å². The molecule has 2 rings (SSSR count). The maximum absolute atomic E-state index is 6.10. The van der Waals surface area contributed by atoms with Crippen LogP contribution in [0.5, 0.6) is 5.75 Å². The SMILES string of the molecule is COc1ccc(Cl)c(NCC2CCCN2)c1. The van der Waals surface area contributed by atoms with Crippen molar-refractivity contribution in [3.8, 4) is 5.75 Å². The van der Waals surface area contributed by atoms with Gasteiger partial charge < -0.3 is 15.4 Å². The average molecular weight is 241 g/mol. The van der Waals surface area contributed by atoms with E-state index in [1.54, 1.807) is 7.11 Å². The lowest BCUT2D eigenvalue weighted by atomic mass is 10.2. The molecular formula is C12H17ClN2O. The van der Waals surface area contributed by atoms with Crippen LogP contribution < -0.4 is 15.4 Å². The molecule has 88 valence electrons. The van der Waals surface area contributed by atoms with E-state index in [-0.39, 0.29) is 0 Å². The summed E-state index contributed by atoms with van der Waals surface area (Å²) in [6.07, 6.45) is 2.49. The Hall–Kier alpha value is -0.930. The minimum absolute atomic E-state index is 0.558. The van der Waals surface area contributed by atoms with E-state index < -0.39 is 0 Å². The smallest absolute Gasteiger partial charge is 0.121 e. The average Bonchev–Trinajstić information content (AvgIpc) is 2.81. The predicted octanol–water partition coefficient (Wildman–Crippen LogP) is 2.51. The van der Waals surface area contributed by atoms with E-state index >= 15 is 0 Å². The first-order chi connectivity index (χ1) is 7.79. The lowest BCUT2D eigenvalue weighted by Gasteiger charge is -2.14. The summed E-state index contributed by atoms with van der Waals surface area (Å²) in [5.41, 5.74) is 0.940. The van der Waals surface area contributed by atoms with Crippen molar-refractivity contribution in [2.24, 2.45) is 0 Å². The quantitative estimate of drug-likeness (QED) is 0.849. The first-order valence-electron chi connectivity index (χ1n) is 5.60. The van der Waals surface area contributed by atoms with Gasteiger partial charge in [-0.15, -0.1) is 0 Å². The van der Waals surface area contributed by atoms with Crippen molar-refractivity contribution < 1.29 is 4.74 Å². The second-order valence-electron chi connectivity index (χ2n) is 4.02. The molecule has 1 fully saturated rings. The summed E-state index contributed by atoms with van der Waals surface area (Å²) in [6, 6.07) is 6.20. The molecule has 1 heterocycles. The summed E-state index contributed by atoms with van der Waals surface area (Å²) in [5.74, 6) is 0.825. The Balaban J connectivity index is 1.96.